The molecule has 3 rings (SSSR count). The smallest absolute Gasteiger partial charge is 0.333 e. The molecular formula is C22H26N2O5. The number of aromatic nitrogens is 1. The summed E-state index contributed by atoms with van der Waals surface area (Å²) in [5.74, 6) is -0.220. The Hall–Kier alpha value is -3.06. The van der Waals surface area contributed by atoms with Gasteiger partial charge in [0.05, 0.1) is 6.54 Å². The van der Waals surface area contributed by atoms with Crippen molar-refractivity contribution in [2.75, 3.05) is 31.7 Å². The molecule has 2 aromatic carbocycles. The first-order valence-electron chi connectivity index (χ1n) is 9.69. The molecule has 0 fully saturated rings. The Kier molecular flexibility index (Phi) is 7.08. The van der Waals surface area contributed by atoms with Crippen molar-refractivity contribution in [2.24, 2.45) is 0 Å². The summed E-state index contributed by atoms with van der Waals surface area (Å²) < 4.78 is 16.9. The summed E-state index contributed by atoms with van der Waals surface area (Å²) >= 11 is 0. The highest BCUT2D eigenvalue weighted by molar-refractivity contribution is 5.74. The molecule has 7 heteroatoms. The molecule has 0 amide bonds. The maximum absolute atomic E-state index is 11.3. The average molecular weight is 398 g/mol. The molecule has 0 aliphatic carbocycles. The normalized spacial score (nSPS) is 12.1. The van der Waals surface area contributed by atoms with Crippen LogP contribution in [-0.4, -0.2) is 49.0 Å². The largest absolute Gasteiger partial charge is 0.492 e. The van der Waals surface area contributed by atoms with Crippen LogP contribution >= 0.6 is 0 Å². The van der Waals surface area contributed by atoms with Crippen LogP contribution in [-0.2, 0) is 16.0 Å². The lowest BCUT2D eigenvalue weighted by molar-refractivity contribution is -0.150. The van der Waals surface area contributed by atoms with E-state index in [1.165, 1.54) is 0 Å². The number of anilines is 1. The fraction of sp³-hybridized carbons (Fsp3) is 0.364. The standard InChI is InChI=1S/C22H26N2O5/c1-3-13-28-20(21(25)26)15-16-8-10-17(11-9-16)27-14-12-24(2)22-23-18-6-4-5-7-19(18)29-22/h4-11,20H,3,12-15H2,1-2H3,(H,25,26). The fourth-order valence-corrected chi connectivity index (χ4v) is 2.83. The van der Waals surface area contributed by atoms with Crippen LogP contribution in [0.3, 0.4) is 0 Å². The number of aliphatic carboxylic acids is 1. The summed E-state index contributed by atoms with van der Waals surface area (Å²) in [6.45, 7) is 3.46. The lowest BCUT2D eigenvalue weighted by atomic mass is 10.1. The van der Waals surface area contributed by atoms with Crippen molar-refractivity contribution >= 4 is 23.1 Å². The van der Waals surface area contributed by atoms with Gasteiger partial charge in [-0.2, -0.15) is 4.98 Å². The van der Waals surface area contributed by atoms with Crippen LogP contribution in [0.5, 0.6) is 5.75 Å². The zero-order chi connectivity index (χ0) is 20.6. The Bertz CT molecular complexity index is 889. The van der Waals surface area contributed by atoms with Crippen molar-refractivity contribution in [3.05, 3.63) is 54.1 Å². The van der Waals surface area contributed by atoms with Crippen LogP contribution in [0.4, 0.5) is 6.01 Å². The number of hydrogen-bond acceptors (Lipinski definition) is 6. The van der Waals surface area contributed by atoms with Crippen LogP contribution < -0.4 is 9.64 Å². The van der Waals surface area contributed by atoms with E-state index < -0.39 is 12.1 Å². The third-order valence-corrected chi connectivity index (χ3v) is 4.45. The van der Waals surface area contributed by atoms with Gasteiger partial charge in [0.1, 0.15) is 17.9 Å². The first-order chi connectivity index (χ1) is 14.1. The van der Waals surface area contributed by atoms with E-state index in [-0.39, 0.29) is 0 Å². The quantitative estimate of drug-likeness (QED) is 0.526. The van der Waals surface area contributed by atoms with Gasteiger partial charge < -0.3 is 23.9 Å². The fourth-order valence-electron chi connectivity index (χ4n) is 2.83. The number of fused-ring (bicyclic) bond motifs is 1. The number of carboxylic acids is 1. The lowest BCUT2D eigenvalue weighted by Gasteiger charge is -2.15. The third kappa shape index (κ3) is 5.71. The number of rotatable bonds is 11. The predicted octanol–water partition coefficient (Wildman–Crippen LogP) is 3.77. The Labute approximate surface area is 169 Å². The van der Waals surface area contributed by atoms with Gasteiger partial charge in [-0.3, -0.25) is 0 Å². The highest BCUT2D eigenvalue weighted by Gasteiger charge is 2.18. The van der Waals surface area contributed by atoms with Crippen LogP contribution in [0, 0.1) is 0 Å². The van der Waals surface area contributed by atoms with Crippen molar-refractivity contribution in [2.45, 2.75) is 25.9 Å². The van der Waals surface area contributed by atoms with Crippen LogP contribution in [0.15, 0.2) is 52.9 Å². The molecule has 0 radical (unpaired) electrons. The van der Waals surface area contributed by atoms with Crippen LogP contribution in [0.2, 0.25) is 0 Å². The van der Waals surface area contributed by atoms with Crippen molar-refractivity contribution in [3.63, 3.8) is 0 Å². The van der Waals surface area contributed by atoms with E-state index in [1.807, 2.05) is 67.4 Å². The summed E-state index contributed by atoms with van der Waals surface area (Å²) in [6, 6.07) is 15.6. The number of para-hydroxylation sites is 2. The Balaban J connectivity index is 1.48. The van der Waals surface area contributed by atoms with Gasteiger partial charge in [-0.15, -0.1) is 0 Å². The molecule has 0 aliphatic heterocycles. The van der Waals surface area contributed by atoms with Gasteiger partial charge in [0.25, 0.3) is 6.01 Å². The van der Waals surface area contributed by atoms with Gasteiger partial charge in [-0.05, 0) is 36.2 Å². The molecule has 3 aromatic rings. The van der Waals surface area contributed by atoms with Crippen molar-refractivity contribution < 1.29 is 23.8 Å². The van der Waals surface area contributed by atoms with Crippen molar-refractivity contribution in [1.82, 2.24) is 4.98 Å². The zero-order valence-electron chi connectivity index (χ0n) is 16.7. The zero-order valence-corrected chi connectivity index (χ0v) is 16.7. The predicted molar refractivity (Wildman–Crippen MR) is 111 cm³/mol. The van der Waals surface area contributed by atoms with E-state index in [4.69, 9.17) is 13.9 Å². The lowest BCUT2D eigenvalue weighted by Crippen LogP contribution is -2.26. The molecule has 0 saturated carbocycles. The minimum absolute atomic E-state index is 0.329. The van der Waals surface area contributed by atoms with Gasteiger partial charge in [0.15, 0.2) is 11.7 Å². The second kappa shape index (κ2) is 9.93. The summed E-state index contributed by atoms with van der Waals surface area (Å²) in [6.07, 6.45) is 0.289. The number of hydrogen-bond donors (Lipinski definition) is 1. The Morgan fingerprint density at radius 1 is 1.17 bits per heavy atom. The molecule has 1 unspecified atom stereocenters. The summed E-state index contributed by atoms with van der Waals surface area (Å²) in [4.78, 5) is 17.6. The van der Waals surface area contributed by atoms with Gasteiger partial charge >= 0.3 is 5.97 Å². The molecule has 0 bridgehead atoms. The number of likely N-dealkylation sites (N-methyl/N-ethyl adjacent to an activating group) is 1. The molecule has 7 nitrogen and oxygen atoms in total. The SMILES string of the molecule is CCCOC(Cc1ccc(OCCN(C)c2nc3ccccc3o2)cc1)C(=O)O. The van der Waals surface area contributed by atoms with Gasteiger partial charge in [-0.1, -0.05) is 31.2 Å². The van der Waals surface area contributed by atoms with E-state index in [9.17, 15) is 9.90 Å². The van der Waals surface area contributed by atoms with E-state index in [2.05, 4.69) is 4.98 Å². The maximum atomic E-state index is 11.3. The molecule has 0 saturated heterocycles. The van der Waals surface area contributed by atoms with Crippen LogP contribution in [0.1, 0.15) is 18.9 Å². The summed E-state index contributed by atoms with van der Waals surface area (Å²) in [7, 11) is 1.90. The first kappa shape index (κ1) is 20.7. The van der Waals surface area contributed by atoms with E-state index in [1.54, 1.807) is 0 Å². The highest BCUT2D eigenvalue weighted by atomic mass is 16.5. The monoisotopic (exact) mass is 398 g/mol. The Morgan fingerprint density at radius 3 is 2.62 bits per heavy atom. The molecule has 29 heavy (non-hydrogen) atoms. The highest BCUT2D eigenvalue weighted by Crippen LogP contribution is 2.20. The summed E-state index contributed by atoms with van der Waals surface area (Å²) in [5, 5.41) is 9.26. The number of oxazole rings is 1. The average Bonchev–Trinajstić information content (AvgIpc) is 3.16. The molecular weight excluding hydrogens is 372 g/mol. The molecule has 1 aromatic heterocycles. The minimum Gasteiger partial charge on any atom is -0.492 e. The first-order valence-corrected chi connectivity index (χ1v) is 9.69. The molecule has 1 heterocycles. The van der Waals surface area contributed by atoms with Crippen molar-refractivity contribution in [1.29, 1.82) is 0 Å². The molecule has 0 aliphatic rings. The summed E-state index contributed by atoms with van der Waals surface area (Å²) in [5.41, 5.74) is 2.48. The molecule has 0 spiro atoms. The van der Waals surface area contributed by atoms with Crippen molar-refractivity contribution in [3.8, 4) is 5.75 Å². The molecule has 1 N–H and O–H groups in total. The number of carboxylic acid groups (broad SMARTS) is 1. The number of carbonyl (C=O) groups is 1. The number of ether oxygens (including phenoxy) is 2. The van der Waals surface area contributed by atoms with Gasteiger partial charge in [0, 0.05) is 20.1 Å². The molecule has 154 valence electrons. The topological polar surface area (TPSA) is 85.0 Å². The van der Waals surface area contributed by atoms with E-state index in [0.29, 0.717) is 32.2 Å². The third-order valence-electron chi connectivity index (χ3n) is 4.45. The maximum Gasteiger partial charge on any atom is 0.333 e. The van der Waals surface area contributed by atoms with Crippen LogP contribution in [0.25, 0.3) is 11.1 Å². The van der Waals surface area contributed by atoms with Gasteiger partial charge in [0.2, 0.25) is 0 Å². The van der Waals surface area contributed by atoms with E-state index >= 15 is 0 Å². The Morgan fingerprint density at radius 2 is 1.93 bits per heavy atom. The second-order valence-electron chi connectivity index (χ2n) is 6.78. The minimum atomic E-state index is -0.944. The van der Waals surface area contributed by atoms with E-state index in [0.717, 1.165) is 28.8 Å². The molecule has 1 atom stereocenters. The number of nitrogens with zero attached hydrogens (tertiary/aromatic N) is 2. The van der Waals surface area contributed by atoms with Gasteiger partial charge in [-0.25, -0.2) is 4.79 Å². The second-order valence-corrected chi connectivity index (χ2v) is 6.78. The number of benzene rings is 2.